The van der Waals surface area contributed by atoms with E-state index in [9.17, 15) is 20.3 Å². The van der Waals surface area contributed by atoms with Gasteiger partial charge in [0.2, 0.25) is 0 Å². The number of nitro groups is 1. The molecule has 1 fully saturated rings. The number of halogens is 1. The first kappa shape index (κ1) is 18.1. The number of rotatable bonds is 5. The fourth-order valence-corrected chi connectivity index (χ4v) is 3.56. The fourth-order valence-electron chi connectivity index (χ4n) is 3.09. The summed E-state index contributed by atoms with van der Waals surface area (Å²) in [6.45, 7) is 6.78. The minimum atomic E-state index is -0.593. The second-order valence-corrected chi connectivity index (χ2v) is 7.37. The van der Waals surface area contributed by atoms with Crippen LogP contribution in [0.5, 0.6) is 5.75 Å². The number of nitro benzene ring substituents is 1. The van der Waals surface area contributed by atoms with Gasteiger partial charge in [0.25, 0.3) is 0 Å². The van der Waals surface area contributed by atoms with Crippen molar-refractivity contribution in [3.05, 3.63) is 32.3 Å². The van der Waals surface area contributed by atoms with Crippen molar-refractivity contribution in [3.8, 4) is 5.75 Å². The van der Waals surface area contributed by atoms with Crippen LogP contribution in [0.4, 0.5) is 5.69 Å². The van der Waals surface area contributed by atoms with Crippen LogP contribution in [0.15, 0.2) is 16.6 Å². The smallest absolute Gasteiger partial charge is 0.312 e. The summed E-state index contributed by atoms with van der Waals surface area (Å²) in [6.07, 6.45) is 0. The molecule has 0 radical (unpaired) electrons. The molecule has 0 aromatic heterocycles. The summed E-state index contributed by atoms with van der Waals surface area (Å²) >= 11 is 3.29. The number of aliphatic hydroxyl groups excluding tert-OH is 1. The van der Waals surface area contributed by atoms with Crippen LogP contribution in [-0.4, -0.2) is 52.8 Å². The summed E-state index contributed by atoms with van der Waals surface area (Å²) < 4.78 is 0.533. The average Bonchev–Trinajstić information content (AvgIpc) is 2.51. The molecule has 8 heteroatoms. The molecule has 23 heavy (non-hydrogen) atoms. The molecule has 1 saturated heterocycles. The number of phenols is 1. The molecule has 0 aliphatic carbocycles. The third kappa shape index (κ3) is 3.82. The molecule has 1 aliphatic rings. The molecule has 3 N–H and O–H groups in total. The van der Waals surface area contributed by atoms with Gasteiger partial charge in [0.15, 0.2) is 5.75 Å². The first-order chi connectivity index (χ1) is 10.8. The predicted molar refractivity (Wildman–Crippen MR) is 90.5 cm³/mol. The van der Waals surface area contributed by atoms with E-state index >= 15 is 0 Å². The summed E-state index contributed by atoms with van der Waals surface area (Å²) in [5, 5.41) is 34.7. The highest BCUT2D eigenvalue weighted by molar-refractivity contribution is 9.10. The Balaban J connectivity index is 2.57. The van der Waals surface area contributed by atoms with Crippen LogP contribution in [0.25, 0.3) is 0 Å². The average molecular weight is 388 g/mol. The molecule has 0 unspecified atom stereocenters. The number of nitrogens with zero attached hydrogens (tertiary/aromatic N) is 2. The minimum absolute atomic E-state index is 0.0959. The van der Waals surface area contributed by atoms with Crippen LogP contribution in [0, 0.1) is 15.5 Å². The quantitative estimate of drug-likeness (QED) is 0.527. The van der Waals surface area contributed by atoms with Gasteiger partial charge in [-0.1, -0.05) is 29.8 Å². The Morgan fingerprint density at radius 3 is 2.57 bits per heavy atom. The highest BCUT2D eigenvalue weighted by Gasteiger charge is 2.39. The Bertz CT molecular complexity index is 588. The van der Waals surface area contributed by atoms with E-state index in [1.54, 1.807) is 6.07 Å². The fraction of sp³-hybridized carbons (Fsp3) is 0.600. The zero-order chi connectivity index (χ0) is 17.2. The van der Waals surface area contributed by atoms with Crippen molar-refractivity contribution in [2.75, 3.05) is 32.8 Å². The van der Waals surface area contributed by atoms with Crippen molar-refractivity contribution < 1.29 is 15.1 Å². The second-order valence-electron chi connectivity index (χ2n) is 6.46. The van der Waals surface area contributed by atoms with E-state index in [2.05, 4.69) is 26.1 Å². The van der Waals surface area contributed by atoms with Crippen LogP contribution in [0.1, 0.15) is 25.5 Å². The number of hydrogen-bond acceptors (Lipinski definition) is 6. The van der Waals surface area contributed by atoms with E-state index < -0.39 is 10.3 Å². The van der Waals surface area contributed by atoms with Crippen LogP contribution < -0.4 is 5.32 Å². The summed E-state index contributed by atoms with van der Waals surface area (Å²) in [5.74, 6) is -0.330. The SMILES string of the molecule is CC(C)(CO)[C@@H](c1cc(Br)cc([N+](=O)[O-])c1O)N1CCNCC1. The first-order valence-electron chi connectivity index (χ1n) is 7.50. The number of phenolic OH excluding ortho intramolecular Hbond substituents is 1. The van der Waals surface area contributed by atoms with Crippen molar-refractivity contribution in [2.45, 2.75) is 19.9 Å². The molecule has 0 bridgehead atoms. The largest absolute Gasteiger partial charge is 0.502 e. The lowest BCUT2D eigenvalue weighted by Gasteiger charge is -2.43. The number of nitrogens with one attached hydrogen (secondary N) is 1. The van der Waals surface area contributed by atoms with Crippen molar-refractivity contribution in [1.29, 1.82) is 0 Å². The standard InChI is InChI=1S/C15H22BrN3O4/c1-15(2,9-20)14(18-5-3-17-4-6-18)11-7-10(16)8-12(13(11)21)19(22)23/h7-8,14,17,20-21H,3-6,9H2,1-2H3/t14-/m1/s1. The van der Waals surface area contributed by atoms with Gasteiger partial charge in [-0.15, -0.1) is 0 Å². The number of hydrogen-bond donors (Lipinski definition) is 3. The van der Waals surface area contributed by atoms with E-state index in [-0.39, 0.29) is 24.1 Å². The van der Waals surface area contributed by atoms with Crippen LogP contribution in [-0.2, 0) is 0 Å². The van der Waals surface area contributed by atoms with Crippen LogP contribution in [0.3, 0.4) is 0 Å². The van der Waals surface area contributed by atoms with Gasteiger partial charge >= 0.3 is 5.69 Å². The molecule has 1 atom stereocenters. The molecule has 1 aromatic rings. The monoisotopic (exact) mass is 387 g/mol. The Kier molecular flexibility index (Phi) is 5.61. The highest BCUT2D eigenvalue weighted by atomic mass is 79.9. The van der Waals surface area contributed by atoms with Crippen molar-refractivity contribution in [3.63, 3.8) is 0 Å². The highest BCUT2D eigenvalue weighted by Crippen LogP contribution is 2.45. The molecule has 0 saturated carbocycles. The third-order valence-electron chi connectivity index (χ3n) is 4.24. The molecule has 2 rings (SSSR count). The maximum atomic E-state index is 11.2. The maximum Gasteiger partial charge on any atom is 0.312 e. The van der Waals surface area contributed by atoms with E-state index in [0.29, 0.717) is 10.0 Å². The lowest BCUT2D eigenvalue weighted by atomic mass is 9.79. The second kappa shape index (κ2) is 7.12. The normalized spacial score (nSPS) is 17.9. The van der Waals surface area contributed by atoms with Crippen LogP contribution >= 0.6 is 15.9 Å². The van der Waals surface area contributed by atoms with E-state index in [1.165, 1.54) is 6.07 Å². The molecule has 1 aliphatic heterocycles. The van der Waals surface area contributed by atoms with Gasteiger partial charge in [0.05, 0.1) is 4.92 Å². The topological polar surface area (TPSA) is 98.9 Å². The molecule has 0 amide bonds. The third-order valence-corrected chi connectivity index (χ3v) is 4.70. The Hall–Kier alpha value is -1.22. The molecule has 7 nitrogen and oxygen atoms in total. The predicted octanol–water partition coefficient (Wildman–Crippen LogP) is 2.03. The van der Waals surface area contributed by atoms with Crippen molar-refractivity contribution >= 4 is 21.6 Å². The lowest BCUT2D eigenvalue weighted by molar-refractivity contribution is -0.386. The van der Waals surface area contributed by atoms with Gasteiger partial charge in [-0.25, -0.2) is 0 Å². The summed E-state index contributed by atoms with van der Waals surface area (Å²) in [6, 6.07) is 2.66. The zero-order valence-corrected chi connectivity index (χ0v) is 14.8. The Morgan fingerprint density at radius 1 is 1.43 bits per heavy atom. The molecular formula is C15H22BrN3O4. The minimum Gasteiger partial charge on any atom is -0.502 e. The van der Waals surface area contributed by atoms with Gasteiger partial charge in [0.1, 0.15) is 0 Å². The Morgan fingerprint density at radius 2 is 2.04 bits per heavy atom. The van der Waals surface area contributed by atoms with Crippen molar-refractivity contribution in [1.82, 2.24) is 10.2 Å². The van der Waals surface area contributed by atoms with Gasteiger partial charge in [-0.2, -0.15) is 0 Å². The van der Waals surface area contributed by atoms with Gasteiger partial charge < -0.3 is 15.5 Å². The molecule has 1 aromatic carbocycles. The zero-order valence-electron chi connectivity index (χ0n) is 13.3. The summed E-state index contributed by atoms with van der Waals surface area (Å²) in [5.41, 5.74) is -0.431. The van der Waals surface area contributed by atoms with Gasteiger partial charge in [0, 0.05) is 60.3 Å². The van der Waals surface area contributed by atoms with Gasteiger partial charge in [-0.3, -0.25) is 15.0 Å². The van der Waals surface area contributed by atoms with Crippen molar-refractivity contribution in [2.24, 2.45) is 5.41 Å². The number of benzene rings is 1. The van der Waals surface area contributed by atoms with Gasteiger partial charge in [-0.05, 0) is 6.07 Å². The number of piperazine rings is 1. The maximum absolute atomic E-state index is 11.2. The van der Waals surface area contributed by atoms with E-state index in [1.807, 2.05) is 13.8 Å². The van der Waals surface area contributed by atoms with E-state index in [4.69, 9.17) is 0 Å². The molecular weight excluding hydrogens is 366 g/mol. The van der Waals surface area contributed by atoms with Crippen LogP contribution in [0.2, 0.25) is 0 Å². The molecule has 0 spiro atoms. The number of aromatic hydroxyl groups is 1. The first-order valence-corrected chi connectivity index (χ1v) is 8.29. The number of aliphatic hydroxyl groups is 1. The summed E-state index contributed by atoms with van der Waals surface area (Å²) in [4.78, 5) is 12.8. The van der Waals surface area contributed by atoms with E-state index in [0.717, 1.165) is 26.2 Å². The molecule has 128 valence electrons. The Labute approximate surface area is 143 Å². The summed E-state index contributed by atoms with van der Waals surface area (Å²) in [7, 11) is 0. The molecule has 1 heterocycles. The lowest BCUT2D eigenvalue weighted by Crippen LogP contribution is -2.49.